The van der Waals surface area contributed by atoms with Gasteiger partial charge in [-0.05, 0) is 19.4 Å². The summed E-state index contributed by atoms with van der Waals surface area (Å²) in [7, 11) is 0. The lowest BCUT2D eigenvalue weighted by Gasteiger charge is -2.11. The van der Waals surface area contributed by atoms with Crippen LogP contribution in [-0.2, 0) is 9.59 Å². The van der Waals surface area contributed by atoms with Crippen LogP contribution in [0.5, 0.6) is 0 Å². The SMILES string of the molecule is Cc1ccc(C(=O)CC(SCC(=O)O)C(=O)O)c(C)c1. The molecule has 0 heterocycles. The molecule has 1 unspecified atom stereocenters. The summed E-state index contributed by atoms with van der Waals surface area (Å²) >= 11 is 0.750. The normalized spacial score (nSPS) is 11.9. The summed E-state index contributed by atoms with van der Waals surface area (Å²) in [5, 5.41) is 16.6. The number of Topliss-reactive ketones (excluding diaryl/α,β-unsaturated/α-hetero) is 1. The second-order valence-corrected chi connectivity index (χ2v) is 5.67. The van der Waals surface area contributed by atoms with E-state index in [1.807, 2.05) is 13.0 Å². The zero-order valence-corrected chi connectivity index (χ0v) is 12.1. The Morgan fingerprint density at radius 1 is 1.20 bits per heavy atom. The van der Waals surface area contributed by atoms with Crippen LogP contribution in [0, 0.1) is 13.8 Å². The fourth-order valence-corrected chi connectivity index (χ4v) is 2.55. The Morgan fingerprint density at radius 2 is 1.85 bits per heavy atom. The molecular formula is C14H16O5S. The molecule has 5 nitrogen and oxygen atoms in total. The van der Waals surface area contributed by atoms with E-state index in [1.165, 1.54) is 0 Å². The average Bonchev–Trinajstić information content (AvgIpc) is 2.33. The molecule has 1 aromatic rings. The summed E-state index contributed by atoms with van der Waals surface area (Å²) in [5.74, 6) is -2.89. The summed E-state index contributed by atoms with van der Waals surface area (Å²) in [6, 6.07) is 5.32. The minimum Gasteiger partial charge on any atom is -0.481 e. The van der Waals surface area contributed by atoms with Crippen LogP contribution < -0.4 is 0 Å². The zero-order valence-electron chi connectivity index (χ0n) is 11.3. The molecule has 0 bridgehead atoms. The Balaban J connectivity index is 2.80. The highest BCUT2D eigenvalue weighted by Crippen LogP contribution is 2.20. The van der Waals surface area contributed by atoms with Crippen molar-refractivity contribution in [1.29, 1.82) is 0 Å². The van der Waals surface area contributed by atoms with Gasteiger partial charge in [0.05, 0.1) is 5.75 Å². The lowest BCUT2D eigenvalue weighted by molar-refractivity contribution is -0.136. The number of carboxylic acids is 2. The van der Waals surface area contributed by atoms with Crippen LogP contribution in [0.2, 0.25) is 0 Å². The fraction of sp³-hybridized carbons (Fsp3) is 0.357. The van der Waals surface area contributed by atoms with Crippen molar-refractivity contribution in [2.45, 2.75) is 25.5 Å². The number of carbonyl (C=O) groups excluding carboxylic acids is 1. The quantitative estimate of drug-likeness (QED) is 0.749. The van der Waals surface area contributed by atoms with E-state index in [4.69, 9.17) is 10.2 Å². The maximum atomic E-state index is 12.1. The first-order chi connectivity index (χ1) is 9.31. The van der Waals surface area contributed by atoms with Gasteiger partial charge in [-0.3, -0.25) is 14.4 Å². The molecule has 1 rings (SSSR count). The summed E-state index contributed by atoms with van der Waals surface area (Å²) in [6.45, 7) is 3.70. The predicted octanol–water partition coefficient (Wildman–Crippen LogP) is 2.15. The third-order valence-corrected chi connectivity index (χ3v) is 3.92. The lowest BCUT2D eigenvalue weighted by atomic mass is 9.99. The molecule has 1 atom stereocenters. The van der Waals surface area contributed by atoms with Gasteiger partial charge in [-0.25, -0.2) is 0 Å². The molecule has 108 valence electrons. The van der Waals surface area contributed by atoms with E-state index in [1.54, 1.807) is 19.1 Å². The number of aliphatic carboxylic acids is 2. The minimum absolute atomic E-state index is 0.211. The number of hydrogen-bond acceptors (Lipinski definition) is 4. The number of hydrogen-bond donors (Lipinski definition) is 2. The molecule has 0 aliphatic rings. The number of carbonyl (C=O) groups is 3. The standard InChI is InChI=1S/C14H16O5S/c1-8-3-4-10(9(2)5-8)11(15)6-12(14(18)19)20-7-13(16)17/h3-5,12H,6-7H2,1-2H3,(H,16,17)(H,18,19). The van der Waals surface area contributed by atoms with Crippen LogP contribution in [0.15, 0.2) is 18.2 Å². The smallest absolute Gasteiger partial charge is 0.317 e. The molecular weight excluding hydrogens is 280 g/mol. The summed E-state index contributed by atoms with van der Waals surface area (Å²) in [4.78, 5) is 33.6. The van der Waals surface area contributed by atoms with Crippen molar-refractivity contribution in [3.8, 4) is 0 Å². The van der Waals surface area contributed by atoms with Crippen molar-refractivity contribution in [1.82, 2.24) is 0 Å². The summed E-state index contributed by atoms with van der Waals surface area (Å²) in [6.07, 6.45) is -0.211. The third kappa shape index (κ3) is 4.70. The van der Waals surface area contributed by atoms with Crippen LogP contribution in [0.4, 0.5) is 0 Å². The molecule has 2 N–H and O–H groups in total. The van der Waals surface area contributed by atoms with E-state index < -0.39 is 17.2 Å². The molecule has 0 spiro atoms. The van der Waals surface area contributed by atoms with Crippen molar-refractivity contribution in [2.24, 2.45) is 0 Å². The molecule has 20 heavy (non-hydrogen) atoms. The van der Waals surface area contributed by atoms with Gasteiger partial charge in [-0.1, -0.05) is 23.8 Å². The van der Waals surface area contributed by atoms with E-state index in [9.17, 15) is 14.4 Å². The molecule has 1 aromatic carbocycles. The Labute approximate surface area is 121 Å². The first kappa shape index (κ1) is 16.2. The number of aryl methyl sites for hydroxylation is 2. The van der Waals surface area contributed by atoms with E-state index in [0.29, 0.717) is 5.56 Å². The van der Waals surface area contributed by atoms with Gasteiger partial charge in [0.2, 0.25) is 0 Å². The molecule has 0 amide bonds. The van der Waals surface area contributed by atoms with Gasteiger partial charge in [0, 0.05) is 12.0 Å². The van der Waals surface area contributed by atoms with Crippen LogP contribution in [-0.4, -0.2) is 38.9 Å². The van der Waals surface area contributed by atoms with Gasteiger partial charge >= 0.3 is 11.9 Å². The lowest BCUT2D eigenvalue weighted by Crippen LogP contribution is -2.22. The Bertz CT molecular complexity index is 538. The number of thioether (sulfide) groups is 1. The Kier molecular flexibility index (Phi) is 5.76. The number of ketones is 1. The summed E-state index contributed by atoms with van der Waals surface area (Å²) in [5.41, 5.74) is 2.30. The van der Waals surface area contributed by atoms with E-state index in [-0.39, 0.29) is 18.0 Å². The molecule has 0 aromatic heterocycles. The highest BCUT2D eigenvalue weighted by atomic mass is 32.2. The molecule has 0 aliphatic heterocycles. The van der Waals surface area contributed by atoms with Gasteiger partial charge < -0.3 is 10.2 Å². The summed E-state index contributed by atoms with van der Waals surface area (Å²) < 4.78 is 0. The van der Waals surface area contributed by atoms with E-state index in [0.717, 1.165) is 22.9 Å². The molecule has 0 aliphatic carbocycles. The Morgan fingerprint density at radius 3 is 2.35 bits per heavy atom. The first-order valence-electron chi connectivity index (χ1n) is 5.98. The largest absolute Gasteiger partial charge is 0.481 e. The predicted molar refractivity (Wildman–Crippen MR) is 76.4 cm³/mol. The number of carboxylic acid groups (broad SMARTS) is 2. The highest BCUT2D eigenvalue weighted by molar-refractivity contribution is 8.01. The maximum Gasteiger partial charge on any atom is 0.317 e. The topological polar surface area (TPSA) is 91.7 Å². The Hall–Kier alpha value is -1.82. The second kappa shape index (κ2) is 7.09. The maximum absolute atomic E-state index is 12.1. The van der Waals surface area contributed by atoms with Crippen molar-refractivity contribution in [2.75, 3.05) is 5.75 Å². The van der Waals surface area contributed by atoms with Crippen LogP contribution >= 0.6 is 11.8 Å². The van der Waals surface area contributed by atoms with Gasteiger partial charge in [0.25, 0.3) is 0 Å². The van der Waals surface area contributed by atoms with Gasteiger partial charge in [0.1, 0.15) is 5.25 Å². The van der Waals surface area contributed by atoms with E-state index in [2.05, 4.69) is 0 Å². The van der Waals surface area contributed by atoms with Crippen molar-refractivity contribution in [3.05, 3.63) is 34.9 Å². The number of rotatable bonds is 7. The minimum atomic E-state index is -1.17. The average molecular weight is 296 g/mol. The van der Waals surface area contributed by atoms with Crippen molar-refractivity contribution < 1.29 is 24.6 Å². The zero-order chi connectivity index (χ0) is 15.3. The van der Waals surface area contributed by atoms with E-state index >= 15 is 0 Å². The van der Waals surface area contributed by atoms with Crippen molar-refractivity contribution in [3.63, 3.8) is 0 Å². The van der Waals surface area contributed by atoms with Crippen LogP contribution in [0.3, 0.4) is 0 Å². The van der Waals surface area contributed by atoms with Crippen LogP contribution in [0.1, 0.15) is 27.9 Å². The van der Waals surface area contributed by atoms with Gasteiger partial charge in [-0.2, -0.15) is 0 Å². The van der Waals surface area contributed by atoms with Gasteiger partial charge in [-0.15, -0.1) is 11.8 Å². The molecule has 0 saturated carbocycles. The molecule has 0 saturated heterocycles. The van der Waals surface area contributed by atoms with Crippen LogP contribution in [0.25, 0.3) is 0 Å². The first-order valence-corrected chi connectivity index (χ1v) is 7.02. The molecule has 0 radical (unpaired) electrons. The molecule has 0 fully saturated rings. The number of benzene rings is 1. The fourth-order valence-electron chi connectivity index (χ4n) is 1.79. The molecule has 6 heteroatoms. The highest BCUT2D eigenvalue weighted by Gasteiger charge is 2.24. The van der Waals surface area contributed by atoms with Gasteiger partial charge in [0.15, 0.2) is 5.78 Å². The second-order valence-electron chi connectivity index (χ2n) is 4.48. The van der Waals surface area contributed by atoms with Crippen molar-refractivity contribution >= 4 is 29.5 Å². The third-order valence-electron chi connectivity index (χ3n) is 2.74. The monoisotopic (exact) mass is 296 g/mol.